The lowest BCUT2D eigenvalue weighted by molar-refractivity contribution is -0.0500. The molecule has 1 aromatic heterocycles. The number of nitrogens with one attached hydrogen (secondary N) is 1. The first-order chi connectivity index (χ1) is 14.4. The maximum Gasteiger partial charge on any atom is 0.387 e. The molecule has 0 bridgehead atoms. The summed E-state index contributed by atoms with van der Waals surface area (Å²) < 4.78 is 43.5. The predicted octanol–water partition coefficient (Wildman–Crippen LogP) is 4.13. The van der Waals surface area contributed by atoms with Crippen molar-refractivity contribution in [3.8, 4) is 5.75 Å². The van der Waals surface area contributed by atoms with Gasteiger partial charge in [-0.25, -0.2) is 9.37 Å². The van der Waals surface area contributed by atoms with Crippen LogP contribution in [0.3, 0.4) is 0 Å². The molecular formula is C20H19F3N4O2S. The van der Waals surface area contributed by atoms with Gasteiger partial charge in [0.25, 0.3) is 5.91 Å². The number of nitrogens with two attached hydrogens (primary N) is 1. The molecule has 2 unspecified atom stereocenters. The number of anilines is 1. The van der Waals surface area contributed by atoms with Gasteiger partial charge in [-0.3, -0.25) is 9.79 Å². The molecule has 6 nitrogen and oxygen atoms in total. The second kappa shape index (κ2) is 8.17. The number of halogens is 3. The number of hydrogen-bond acceptors (Lipinski definition) is 6. The van der Waals surface area contributed by atoms with Gasteiger partial charge in [0.2, 0.25) is 0 Å². The maximum absolute atomic E-state index is 14.8. The second-order valence-electron chi connectivity index (χ2n) is 7.18. The monoisotopic (exact) mass is 436 g/mol. The average Bonchev–Trinajstić information content (AvgIpc) is 3.13. The Labute approximate surface area is 175 Å². The first-order valence-electron chi connectivity index (χ1n) is 9.38. The number of amides is 1. The summed E-state index contributed by atoms with van der Waals surface area (Å²) in [6.45, 7) is -2.97. The van der Waals surface area contributed by atoms with Crippen LogP contribution >= 0.6 is 11.8 Å². The van der Waals surface area contributed by atoms with E-state index in [0.29, 0.717) is 22.8 Å². The summed E-state index contributed by atoms with van der Waals surface area (Å²) in [5.41, 5.74) is 6.05. The summed E-state index contributed by atoms with van der Waals surface area (Å²) in [6, 6.07) is 6.84. The number of benzene rings is 1. The Kier molecular flexibility index (Phi) is 5.59. The normalized spacial score (nSPS) is 23.1. The zero-order valence-electron chi connectivity index (χ0n) is 15.8. The average molecular weight is 436 g/mol. The molecule has 1 saturated carbocycles. The summed E-state index contributed by atoms with van der Waals surface area (Å²) in [6.07, 6.45) is 3.60. The van der Waals surface area contributed by atoms with Crippen LogP contribution in [0.2, 0.25) is 0 Å². The second-order valence-corrected chi connectivity index (χ2v) is 8.22. The number of amidine groups is 1. The van der Waals surface area contributed by atoms with Crippen LogP contribution in [0.25, 0.3) is 0 Å². The summed E-state index contributed by atoms with van der Waals surface area (Å²) in [5.74, 6) is -0.141. The standard InChI is InChI=1S/C20H19F3N4O2S/c21-15-5-3-12(26-17(28)16-6-4-13(9-25-16)29-18(22)23)8-14(15)20-7-1-2-11(20)10-30-19(24)27-20/h3-6,8-9,11,18H,1-2,7,10H2,(H2,24,27)(H,26,28). The van der Waals surface area contributed by atoms with Gasteiger partial charge in [-0.15, -0.1) is 0 Å². The Morgan fingerprint density at radius 2 is 2.17 bits per heavy atom. The highest BCUT2D eigenvalue weighted by molar-refractivity contribution is 8.13. The van der Waals surface area contributed by atoms with Crippen molar-refractivity contribution < 1.29 is 22.7 Å². The molecule has 158 valence electrons. The molecule has 1 amide bonds. The Morgan fingerprint density at radius 3 is 2.90 bits per heavy atom. The third kappa shape index (κ3) is 3.96. The Bertz CT molecular complexity index is 987. The van der Waals surface area contributed by atoms with Crippen molar-refractivity contribution in [1.29, 1.82) is 0 Å². The number of rotatable bonds is 5. The van der Waals surface area contributed by atoms with E-state index >= 15 is 0 Å². The van der Waals surface area contributed by atoms with Crippen LogP contribution in [0.15, 0.2) is 41.5 Å². The highest BCUT2D eigenvalue weighted by Crippen LogP contribution is 2.51. The number of pyridine rings is 1. The third-order valence-corrected chi connectivity index (χ3v) is 6.37. The zero-order chi connectivity index (χ0) is 21.3. The molecule has 1 aliphatic carbocycles. The summed E-state index contributed by atoms with van der Waals surface area (Å²) >= 11 is 1.48. The number of thioether (sulfide) groups is 1. The topological polar surface area (TPSA) is 89.6 Å². The maximum atomic E-state index is 14.8. The van der Waals surface area contributed by atoms with Crippen LogP contribution in [-0.2, 0) is 5.54 Å². The minimum absolute atomic E-state index is 0.00993. The summed E-state index contributed by atoms with van der Waals surface area (Å²) in [7, 11) is 0. The summed E-state index contributed by atoms with van der Waals surface area (Å²) in [5, 5.41) is 3.11. The van der Waals surface area contributed by atoms with Gasteiger partial charge in [0.15, 0.2) is 5.17 Å². The molecule has 30 heavy (non-hydrogen) atoms. The fraction of sp³-hybridized carbons (Fsp3) is 0.350. The van der Waals surface area contributed by atoms with Gasteiger partial charge in [-0.05, 0) is 49.1 Å². The van der Waals surface area contributed by atoms with Gasteiger partial charge < -0.3 is 15.8 Å². The van der Waals surface area contributed by atoms with Crippen LogP contribution in [-0.4, -0.2) is 28.4 Å². The molecule has 2 aromatic rings. The van der Waals surface area contributed by atoms with Crippen molar-refractivity contribution in [3.05, 3.63) is 53.6 Å². The molecule has 2 atom stereocenters. The molecule has 0 spiro atoms. The van der Waals surface area contributed by atoms with Crippen LogP contribution in [0.1, 0.15) is 35.3 Å². The number of aliphatic imine (C=N–C) groups is 1. The number of alkyl halides is 2. The highest BCUT2D eigenvalue weighted by Gasteiger charge is 2.48. The molecular weight excluding hydrogens is 417 g/mol. The molecule has 2 aliphatic rings. The zero-order valence-corrected chi connectivity index (χ0v) is 16.6. The van der Waals surface area contributed by atoms with Crippen molar-refractivity contribution >= 4 is 28.5 Å². The van der Waals surface area contributed by atoms with E-state index in [0.717, 1.165) is 24.8 Å². The van der Waals surface area contributed by atoms with Crippen LogP contribution < -0.4 is 15.8 Å². The van der Waals surface area contributed by atoms with Crippen molar-refractivity contribution in [1.82, 2.24) is 4.98 Å². The Balaban J connectivity index is 1.58. The van der Waals surface area contributed by atoms with Gasteiger partial charge in [0, 0.05) is 17.0 Å². The van der Waals surface area contributed by atoms with E-state index in [1.54, 1.807) is 6.07 Å². The Hall–Kier alpha value is -2.75. The first-order valence-corrected chi connectivity index (χ1v) is 10.4. The van der Waals surface area contributed by atoms with Crippen molar-refractivity contribution in [2.75, 3.05) is 11.1 Å². The van der Waals surface area contributed by atoms with Crippen molar-refractivity contribution in [3.63, 3.8) is 0 Å². The fourth-order valence-corrected chi connectivity index (χ4v) is 5.12. The largest absolute Gasteiger partial charge is 0.433 e. The van der Waals surface area contributed by atoms with Gasteiger partial charge in [0.05, 0.1) is 11.7 Å². The molecule has 2 heterocycles. The fourth-order valence-electron chi connectivity index (χ4n) is 4.08. The van der Waals surface area contributed by atoms with Gasteiger partial charge in [0.1, 0.15) is 17.3 Å². The third-order valence-electron chi connectivity index (χ3n) is 5.41. The number of carbonyl (C=O) groups excluding carboxylic acids is 1. The number of hydrogen-bond donors (Lipinski definition) is 2. The molecule has 1 aromatic carbocycles. The smallest absolute Gasteiger partial charge is 0.387 e. The van der Waals surface area contributed by atoms with E-state index in [4.69, 9.17) is 5.73 Å². The lowest BCUT2D eigenvalue weighted by Crippen LogP contribution is -2.37. The first kappa shape index (κ1) is 20.5. The van der Waals surface area contributed by atoms with E-state index in [1.165, 1.54) is 36.0 Å². The molecule has 0 radical (unpaired) electrons. The molecule has 4 rings (SSSR count). The van der Waals surface area contributed by atoms with Crippen LogP contribution in [0.4, 0.5) is 18.9 Å². The van der Waals surface area contributed by atoms with Crippen molar-refractivity contribution in [2.45, 2.75) is 31.4 Å². The van der Waals surface area contributed by atoms with E-state index in [2.05, 4.69) is 20.0 Å². The lowest BCUT2D eigenvalue weighted by Gasteiger charge is -2.36. The SMILES string of the molecule is NC1=NC2(c3cc(NC(=O)c4ccc(OC(F)F)cn4)ccc3F)CCCC2CS1. The molecule has 1 aliphatic heterocycles. The number of carbonyl (C=O) groups is 1. The van der Waals surface area contributed by atoms with Crippen LogP contribution in [0.5, 0.6) is 5.75 Å². The Morgan fingerprint density at radius 1 is 1.33 bits per heavy atom. The minimum atomic E-state index is -2.97. The summed E-state index contributed by atoms with van der Waals surface area (Å²) in [4.78, 5) is 21.0. The predicted molar refractivity (Wildman–Crippen MR) is 108 cm³/mol. The van der Waals surface area contributed by atoms with E-state index in [-0.39, 0.29) is 17.4 Å². The number of ether oxygens (including phenoxy) is 1. The van der Waals surface area contributed by atoms with E-state index < -0.39 is 23.9 Å². The molecule has 10 heteroatoms. The van der Waals surface area contributed by atoms with Gasteiger partial charge in [-0.2, -0.15) is 8.78 Å². The van der Waals surface area contributed by atoms with E-state index in [9.17, 15) is 18.0 Å². The van der Waals surface area contributed by atoms with E-state index in [1.807, 2.05) is 0 Å². The minimum Gasteiger partial charge on any atom is -0.433 e. The lowest BCUT2D eigenvalue weighted by atomic mass is 9.81. The molecule has 0 saturated heterocycles. The molecule has 3 N–H and O–H groups in total. The van der Waals surface area contributed by atoms with Gasteiger partial charge in [-0.1, -0.05) is 18.2 Å². The van der Waals surface area contributed by atoms with Crippen LogP contribution in [0, 0.1) is 11.7 Å². The number of fused-ring (bicyclic) bond motifs is 1. The molecule has 1 fully saturated rings. The van der Waals surface area contributed by atoms with Gasteiger partial charge >= 0.3 is 6.61 Å². The quantitative estimate of drug-likeness (QED) is 0.736. The number of nitrogens with zero attached hydrogens (tertiary/aromatic N) is 2. The van der Waals surface area contributed by atoms with Crippen molar-refractivity contribution in [2.24, 2.45) is 16.6 Å². The highest BCUT2D eigenvalue weighted by atomic mass is 32.2. The number of aromatic nitrogens is 1.